The molecule has 0 heterocycles. The smallest absolute Gasteiger partial charge is 0.294 e. The summed E-state index contributed by atoms with van der Waals surface area (Å²) in [5, 5.41) is 2.62. The standard InChI is InChI=1S/C18H22N2O6S2/c1-3-4-5-18(21)20-13-7-9-15(19)17(10-13)27(22,23)14-8-6-12(2)16(11-14)28(24,25)26/h6-11H,3-5,19H2,1-2H3,(H,20,21)(H,24,25,26). The summed E-state index contributed by atoms with van der Waals surface area (Å²) in [6, 6.07) is 7.44. The van der Waals surface area contributed by atoms with E-state index in [0.29, 0.717) is 12.8 Å². The van der Waals surface area contributed by atoms with Crippen molar-refractivity contribution in [3.8, 4) is 0 Å². The zero-order valence-electron chi connectivity index (χ0n) is 15.5. The Hall–Kier alpha value is -2.43. The molecule has 2 aromatic rings. The lowest BCUT2D eigenvalue weighted by atomic mass is 10.2. The van der Waals surface area contributed by atoms with Gasteiger partial charge in [0.2, 0.25) is 15.7 Å². The molecule has 152 valence electrons. The first kappa shape index (κ1) is 21.9. The summed E-state index contributed by atoms with van der Waals surface area (Å²) >= 11 is 0. The Kier molecular flexibility index (Phi) is 6.48. The highest BCUT2D eigenvalue weighted by Crippen LogP contribution is 2.30. The third kappa shape index (κ3) is 4.89. The number of carbonyl (C=O) groups is 1. The Morgan fingerprint density at radius 2 is 1.75 bits per heavy atom. The van der Waals surface area contributed by atoms with Crippen molar-refractivity contribution in [1.29, 1.82) is 0 Å². The van der Waals surface area contributed by atoms with Gasteiger partial charge in [0, 0.05) is 12.1 Å². The Balaban J connectivity index is 2.49. The number of benzene rings is 2. The summed E-state index contributed by atoms with van der Waals surface area (Å²) in [7, 11) is -8.79. The first-order chi connectivity index (χ1) is 13.0. The Morgan fingerprint density at radius 1 is 1.07 bits per heavy atom. The third-order valence-electron chi connectivity index (χ3n) is 4.09. The van der Waals surface area contributed by atoms with Crippen LogP contribution in [0.4, 0.5) is 11.4 Å². The maximum Gasteiger partial charge on any atom is 0.294 e. The van der Waals surface area contributed by atoms with E-state index in [0.717, 1.165) is 12.5 Å². The minimum atomic E-state index is -4.59. The molecule has 0 aliphatic rings. The van der Waals surface area contributed by atoms with Gasteiger partial charge in [0.15, 0.2) is 0 Å². The number of rotatable bonds is 7. The van der Waals surface area contributed by atoms with Gasteiger partial charge in [-0.3, -0.25) is 9.35 Å². The Morgan fingerprint density at radius 3 is 2.36 bits per heavy atom. The molecule has 10 heteroatoms. The molecule has 0 atom stereocenters. The molecule has 0 saturated heterocycles. The number of unbranched alkanes of at least 4 members (excludes halogenated alkanes) is 1. The van der Waals surface area contributed by atoms with E-state index < -0.39 is 24.9 Å². The molecule has 0 fully saturated rings. The number of hydrogen-bond acceptors (Lipinski definition) is 6. The second kappa shape index (κ2) is 8.29. The van der Waals surface area contributed by atoms with Gasteiger partial charge in [-0.25, -0.2) is 8.42 Å². The molecule has 28 heavy (non-hydrogen) atoms. The summed E-state index contributed by atoms with van der Waals surface area (Å²) in [6.07, 6.45) is 1.85. The molecule has 0 spiro atoms. The van der Waals surface area contributed by atoms with Crippen molar-refractivity contribution in [2.75, 3.05) is 11.1 Å². The molecule has 2 aromatic carbocycles. The molecule has 0 aliphatic heterocycles. The highest BCUT2D eigenvalue weighted by Gasteiger charge is 2.24. The van der Waals surface area contributed by atoms with Gasteiger partial charge >= 0.3 is 0 Å². The van der Waals surface area contributed by atoms with Crippen LogP contribution < -0.4 is 11.1 Å². The number of nitrogen functional groups attached to an aromatic ring is 1. The zero-order valence-corrected chi connectivity index (χ0v) is 17.1. The maximum absolute atomic E-state index is 13.0. The molecule has 8 nitrogen and oxygen atoms in total. The molecular weight excluding hydrogens is 404 g/mol. The topological polar surface area (TPSA) is 144 Å². The van der Waals surface area contributed by atoms with Crippen molar-refractivity contribution < 1.29 is 26.2 Å². The number of hydrogen-bond donors (Lipinski definition) is 3. The molecule has 0 radical (unpaired) electrons. The van der Waals surface area contributed by atoms with E-state index in [1.54, 1.807) is 0 Å². The lowest BCUT2D eigenvalue weighted by Crippen LogP contribution is -2.13. The molecule has 1 amide bonds. The molecular formula is C18H22N2O6S2. The quantitative estimate of drug-likeness (QED) is 0.456. The van der Waals surface area contributed by atoms with Crippen LogP contribution in [-0.4, -0.2) is 27.3 Å². The van der Waals surface area contributed by atoms with E-state index in [4.69, 9.17) is 5.73 Å². The Labute approximate surface area is 164 Å². The van der Waals surface area contributed by atoms with Gasteiger partial charge < -0.3 is 11.1 Å². The second-order valence-electron chi connectivity index (χ2n) is 6.31. The van der Waals surface area contributed by atoms with Gasteiger partial charge in [0.1, 0.15) is 0 Å². The highest BCUT2D eigenvalue weighted by atomic mass is 32.2. The predicted octanol–water partition coefficient (Wildman–Crippen LogP) is 2.79. The first-order valence-corrected chi connectivity index (χ1v) is 11.4. The van der Waals surface area contributed by atoms with Crippen LogP contribution in [-0.2, 0) is 24.7 Å². The third-order valence-corrected chi connectivity index (χ3v) is 6.89. The number of nitrogens with one attached hydrogen (secondary N) is 1. The van der Waals surface area contributed by atoms with E-state index >= 15 is 0 Å². The number of carbonyl (C=O) groups excluding carboxylic acids is 1. The van der Waals surface area contributed by atoms with E-state index in [2.05, 4.69) is 5.32 Å². The average molecular weight is 427 g/mol. The van der Waals surface area contributed by atoms with Crippen molar-refractivity contribution in [3.05, 3.63) is 42.0 Å². The van der Waals surface area contributed by atoms with Crippen LogP contribution in [0.15, 0.2) is 51.1 Å². The van der Waals surface area contributed by atoms with Crippen LogP contribution in [0.2, 0.25) is 0 Å². The van der Waals surface area contributed by atoms with Gasteiger partial charge in [-0.05, 0) is 49.2 Å². The molecule has 0 aromatic heterocycles. The molecule has 0 aliphatic carbocycles. The largest absolute Gasteiger partial charge is 0.398 e. The van der Waals surface area contributed by atoms with Gasteiger partial charge in [-0.15, -0.1) is 0 Å². The Bertz CT molecular complexity index is 1110. The SMILES string of the molecule is CCCCC(=O)Nc1ccc(N)c(S(=O)(=O)c2ccc(C)c(S(=O)(=O)O)c2)c1. The van der Waals surface area contributed by atoms with Crippen LogP contribution in [0.1, 0.15) is 31.7 Å². The summed E-state index contributed by atoms with van der Waals surface area (Å²) in [5.74, 6) is -0.251. The van der Waals surface area contributed by atoms with Crippen LogP contribution in [0, 0.1) is 6.92 Å². The number of sulfone groups is 1. The fraction of sp³-hybridized carbons (Fsp3) is 0.278. The van der Waals surface area contributed by atoms with Crippen LogP contribution in [0.5, 0.6) is 0 Å². The van der Waals surface area contributed by atoms with Gasteiger partial charge in [-0.1, -0.05) is 19.4 Å². The summed E-state index contributed by atoms with van der Waals surface area (Å²) < 4.78 is 58.2. The first-order valence-electron chi connectivity index (χ1n) is 8.49. The summed E-state index contributed by atoms with van der Waals surface area (Å²) in [4.78, 5) is 10.8. The molecule has 0 unspecified atom stereocenters. The second-order valence-corrected chi connectivity index (χ2v) is 9.62. The minimum Gasteiger partial charge on any atom is -0.398 e. The number of anilines is 2. The van der Waals surface area contributed by atoms with Crippen LogP contribution in [0.25, 0.3) is 0 Å². The monoisotopic (exact) mass is 426 g/mol. The number of amides is 1. The maximum atomic E-state index is 13.0. The van der Waals surface area contributed by atoms with Gasteiger partial charge in [0.05, 0.1) is 20.4 Å². The lowest BCUT2D eigenvalue weighted by molar-refractivity contribution is -0.116. The lowest BCUT2D eigenvalue weighted by Gasteiger charge is -2.12. The van der Waals surface area contributed by atoms with Gasteiger partial charge in [-0.2, -0.15) is 8.42 Å². The minimum absolute atomic E-state index is 0.0551. The van der Waals surface area contributed by atoms with Gasteiger partial charge in [0.25, 0.3) is 10.1 Å². The molecule has 0 bridgehead atoms. The number of nitrogens with two attached hydrogens (primary N) is 1. The van der Waals surface area contributed by atoms with E-state index in [-0.39, 0.29) is 32.6 Å². The summed E-state index contributed by atoms with van der Waals surface area (Å²) in [6.45, 7) is 3.38. The van der Waals surface area contributed by atoms with E-state index in [1.165, 1.54) is 37.3 Å². The molecule has 4 N–H and O–H groups in total. The van der Waals surface area contributed by atoms with Crippen molar-refractivity contribution in [2.24, 2.45) is 0 Å². The molecule has 2 rings (SSSR count). The number of aryl methyl sites for hydroxylation is 1. The summed E-state index contributed by atoms with van der Waals surface area (Å²) in [5.41, 5.74) is 6.22. The van der Waals surface area contributed by atoms with Crippen molar-refractivity contribution >= 4 is 37.2 Å². The van der Waals surface area contributed by atoms with Crippen molar-refractivity contribution in [2.45, 2.75) is 47.8 Å². The van der Waals surface area contributed by atoms with E-state index in [9.17, 15) is 26.2 Å². The average Bonchev–Trinajstić information content (AvgIpc) is 2.60. The van der Waals surface area contributed by atoms with Crippen LogP contribution >= 0.6 is 0 Å². The van der Waals surface area contributed by atoms with Crippen molar-refractivity contribution in [1.82, 2.24) is 0 Å². The van der Waals surface area contributed by atoms with Crippen molar-refractivity contribution in [3.63, 3.8) is 0 Å². The fourth-order valence-corrected chi connectivity index (χ4v) is 4.82. The normalized spacial score (nSPS) is 12.0. The predicted molar refractivity (Wildman–Crippen MR) is 105 cm³/mol. The van der Waals surface area contributed by atoms with E-state index in [1.807, 2.05) is 6.92 Å². The highest BCUT2D eigenvalue weighted by molar-refractivity contribution is 7.91. The fourth-order valence-electron chi connectivity index (χ4n) is 2.56. The molecule has 0 saturated carbocycles. The zero-order chi connectivity index (χ0) is 21.1. The van der Waals surface area contributed by atoms with Crippen LogP contribution in [0.3, 0.4) is 0 Å².